The summed E-state index contributed by atoms with van der Waals surface area (Å²) >= 11 is 7.24. The van der Waals surface area contributed by atoms with Crippen LogP contribution < -0.4 is 10.2 Å². The molecule has 3 aromatic rings. The van der Waals surface area contributed by atoms with Gasteiger partial charge in [0.05, 0.1) is 27.4 Å². The van der Waals surface area contributed by atoms with E-state index >= 15 is 0 Å². The monoisotopic (exact) mass is 431 g/mol. The first-order chi connectivity index (χ1) is 13.9. The van der Waals surface area contributed by atoms with Gasteiger partial charge in [-0.1, -0.05) is 18.5 Å². The molecule has 0 saturated carbocycles. The largest absolute Gasteiger partial charge is 0.366 e. The van der Waals surface area contributed by atoms with Crippen molar-refractivity contribution in [1.29, 1.82) is 0 Å². The van der Waals surface area contributed by atoms with Gasteiger partial charge in [-0.15, -0.1) is 0 Å². The van der Waals surface area contributed by atoms with Crippen LogP contribution in [0.3, 0.4) is 0 Å². The molecule has 0 radical (unpaired) electrons. The van der Waals surface area contributed by atoms with Crippen molar-refractivity contribution >= 4 is 57.3 Å². The number of carbonyl (C=O) groups is 1. The molecule has 1 aliphatic rings. The predicted octanol–water partition coefficient (Wildman–Crippen LogP) is 4.74. The first-order valence-corrected chi connectivity index (χ1v) is 10.3. The summed E-state index contributed by atoms with van der Waals surface area (Å²) in [5, 5.41) is 14.7. The lowest BCUT2D eigenvalue weighted by molar-refractivity contribution is -0.384. The molecule has 1 amide bonds. The molecule has 1 fully saturated rings. The van der Waals surface area contributed by atoms with Gasteiger partial charge in [-0.25, -0.2) is 0 Å². The van der Waals surface area contributed by atoms with Crippen LogP contribution >= 0.6 is 23.3 Å². The van der Waals surface area contributed by atoms with Crippen molar-refractivity contribution in [3.8, 4) is 0 Å². The Bertz CT molecular complexity index is 1090. The van der Waals surface area contributed by atoms with Crippen LogP contribution in [0.5, 0.6) is 0 Å². The molecule has 0 aliphatic carbocycles. The van der Waals surface area contributed by atoms with Gasteiger partial charge >= 0.3 is 0 Å². The van der Waals surface area contributed by atoms with E-state index in [1.165, 1.54) is 6.07 Å². The lowest BCUT2D eigenvalue weighted by atomic mass is 9.98. The van der Waals surface area contributed by atoms with Crippen molar-refractivity contribution in [2.45, 2.75) is 19.8 Å². The maximum atomic E-state index is 12.8. The lowest BCUT2D eigenvalue weighted by Crippen LogP contribution is -2.33. The van der Waals surface area contributed by atoms with Gasteiger partial charge in [0.2, 0.25) is 0 Å². The second-order valence-electron chi connectivity index (χ2n) is 7.14. The van der Waals surface area contributed by atoms with Crippen molar-refractivity contribution in [2.75, 3.05) is 23.3 Å². The van der Waals surface area contributed by atoms with E-state index in [2.05, 4.69) is 21.0 Å². The third-order valence-corrected chi connectivity index (χ3v) is 6.03. The van der Waals surface area contributed by atoms with Gasteiger partial charge < -0.3 is 10.2 Å². The minimum absolute atomic E-state index is 0.0770. The number of benzene rings is 2. The van der Waals surface area contributed by atoms with Crippen LogP contribution in [0.2, 0.25) is 5.02 Å². The fourth-order valence-corrected chi connectivity index (χ4v) is 4.20. The van der Waals surface area contributed by atoms with Gasteiger partial charge in [-0.3, -0.25) is 14.9 Å². The van der Waals surface area contributed by atoms with Gasteiger partial charge in [0.15, 0.2) is 0 Å². The number of hydrogen-bond donors (Lipinski definition) is 1. The van der Waals surface area contributed by atoms with E-state index in [0.29, 0.717) is 33.3 Å². The number of aromatic nitrogens is 2. The Balaban J connectivity index is 1.63. The number of hydrogen-bond acceptors (Lipinski definition) is 7. The third kappa shape index (κ3) is 3.88. The lowest BCUT2D eigenvalue weighted by Gasteiger charge is -2.31. The summed E-state index contributed by atoms with van der Waals surface area (Å²) in [6, 6.07) is 7.91. The number of anilines is 2. The predicted molar refractivity (Wildman–Crippen MR) is 114 cm³/mol. The van der Waals surface area contributed by atoms with Crippen LogP contribution in [0, 0.1) is 16.0 Å². The highest BCUT2D eigenvalue weighted by Crippen LogP contribution is 2.34. The van der Waals surface area contributed by atoms with Crippen molar-refractivity contribution in [2.24, 2.45) is 5.92 Å². The van der Waals surface area contributed by atoms with E-state index in [-0.39, 0.29) is 11.3 Å². The van der Waals surface area contributed by atoms with Crippen LogP contribution in [0.1, 0.15) is 30.1 Å². The molecule has 2 heterocycles. The molecule has 0 atom stereocenters. The normalized spacial score (nSPS) is 14.9. The van der Waals surface area contributed by atoms with Gasteiger partial charge in [0.1, 0.15) is 16.7 Å². The number of nitro groups is 1. The van der Waals surface area contributed by atoms with Crippen molar-refractivity contribution in [1.82, 2.24) is 8.75 Å². The molecule has 1 N–H and O–H groups in total. The van der Waals surface area contributed by atoms with E-state index in [0.717, 1.165) is 37.7 Å². The number of halogens is 1. The second-order valence-corrected chi connectivity index (χ2v) is 8.07. The molecule has 10 heteroatoms. The van der Waals surface area contributed by atoms with E-state index in [1.807, 2.05) is 4.90 Å². The SMILES string of the molecule is CC1CCN(c2ccc(C(=O)Nc3c(Cl)ccc4nsnc34)cc2[N+](=O)[O-])CC1. The Morgan fingerprint density at radius 3 is 2.76 bits per heavy atom. The molecule has 4 rings (SSSR count). The van der Waals surface area contributed by atoms with E-state index in [4.69, 9.17) is 11.6 Å². The summed E-state index contributed by atoms with van der Waals surface area (Å²) in [4.78, 5) is 26.0. The molecule has 1 aliphatic heterocycles. The first-order valence-electron chi connectivity index (χ1n) is 9.19. The van der Waals surface area contributed by atoms with Crippen molar-refractivity contribution < 1.29 is 9.72 Å². The standard InChI is InChI=1S/C19H18ClN5O3S/c1-11-6-8-24(9-7-11)15-5-2-12(10-16(15)25(27)28)19(26)21-17-13(20)3-4-14-18(17)23-29-22-14/h2-5,10-11H,6-9H2,1H3,(H,21,26). The molecule has 1 saturated heterocycles. The van der Waals surface area contributed by atoms with Gasteiger partial charge in [-0.05, 0) is 43.0 Å². The third-order valence-electron chi connectivity index (χ3n) is 5.17. The van der Waals surface area contributed by atoms with Gasteiger partial charge in [-0.2, -0.15) is 8.75 Å². The number of piperidine rings is 1. The zero-order valence-corrected chi connectivity index (χ0v) is 17.2. The van der Waals surface area contributed by atoms with Crippen LogP contribution in [0.25, 0.3) is 11.0 Å². The summed E-state index contributed by atoms with van der Waals surface area (Å²) in [6.07, 6.45) is 1.98. The smallest absolute Gasteiger partial charge is 0.293 e. The minimum atomic E-state index is -0.491. The maximum absolute atomic E-state index is 12.8. The topological polar surface area (TPSA) is 101 Å². The highest BCUT2D eigenvalue weighted by Gasteiger charge is 2.25. The van der Waals surface area contributed by atoms with E-state index < -0.39 is 10.8 Å². The quantitative estimate of drug-likeness (QED) is 0.472. The van der Waals surface area contributed by atoms with Crippen LogP contribution in [-0.4, -0.2) is 32.7 Å². The fourth-order valence-electron chi connectivity index (χ4n) is 3.46. The van der Waals surface area contributed by atoms with Crippen LogP contribution in [0.15, 0.2) is 30.3 Å². The maximum Gasteiger partial charge on any atom is 0.293 e. The molecule has 150 valence electrons. The Hall–Kier alpha value is -2.78. The summed E-state index contributed by atoms with van der Waals surface area (Å²) in [6.45, 7) is 3.71. The van der Waals surface area contributed by atoms with Gasteiger partial charge in [0.25, 0.3) is 11.6 Å². The van der Waals surface area contributed by atoms with E-state index in [1.54, 1.807) is 24.3 Å². The number of nitrogens with one attached hydrogen (secondary N) is 1. The Morgan fingerprint density at radius 2 is 2.03 bits per heavy atom. The Kier molecular flexibility index (Phi) is 5.33. The molecule has 0 unspecified atom stereocenters. The average Bonchev–Trinajstić information content (AvgIpc) is 3.19. The Labute approximate surface area is 176 Å². The first kappa shape index (κ1) is 19.5. The minimum Gasteiger partial charge on any atom is -0.366 e. The zero-order valence-electron chi connectivity index (χ0n) is 15.6. The Morgan fingerprint density at radius 1 is 1.28 bits per heavy atom. The average molecular weight is 432 g/mol. The second kappa shape index (κ2) is 7.92. The summed E-state index contributed by atoms with van der Waals surface area (Å²) in [5.74, 6) is 0.123. The molecule has 0 bridgehead atoms. The summed E-state index contributed by atoms with van der Waals surface area (Å²) < 4.78 is 8.30. The number of fused-ring (bicyclic) bond motifs is 1. The fraction of sp³-hybridized carbons (Fsp3) is 0.316. The number of amides is 1. The van der Waals surface area contributed by atoms with Crippen LogP contribution in [0.4, 0.5) is 17.1 Å². The number of carbonyl (C=O) groups excluding carboxylic acids is 1. The zero-order chi connectivity index (χ0) is 20.5. The molecule has 1 aromatic heterocycles. The number of nitrogens with zero attached hydrogens (tertiary/aromatic N) is 4. The number of rotatable bonds is 4. The molecule has 8 nitrogen and oxygen atoms in total. The van der Waals surface area contributed by atoms with Crippen LogP contribution in [-0.2, 0) is 0 Å². The summed E-state index contributed by atoms with van der Waals surface area (Å²) in [5.41, 5.74) is 2.11. The highest BCUT2D eigenvalue weighted by molar-refractivity contribution is 7.00. The molecule has 2 aromatic carbocycles. The van der Waals surface area contributed by atoms with Crippen molar-refractivity contribution in [3.63, 3.8) is 0 Å². The molecular weight excluding hydrogens is 414 g/mol. The summed E-state index contributed by atoms with van der Waals surface area (Å²) in [7, 11) is 0. The molecular formula is C19H18ClN5O3S. The number of nitro benzene ring substituents is 1. The highest BCUT2D eigenvalue weighted by atomic mass is 35.5. The van der Waals surface area contributed by atoms with Crippen molar-refractivity contribution in [3.05, 3.63) is 51.0 Å². The van der Waals surface area contributed by atoms with E-state index in [9.17, 15) is 14.9 Å². The van der Waals surface area contributed by atoms with Gasteiger partial charge in [0, 0.05) is 24.7 Å². The molecule has 0 spiro atoms. The molecule has 29 heavy (non-hydrogen) atoms.